The van der Waals surface area contributed by atoms with Crippen LogP contribution < -0.4 is 0 Å². The fourth-order valence-corrected chi connectivity index (χ4v) is 2.35. The average molecular weight is 280 g/mol. The maximum atomic E-state index is 5.93. The Bertz CT molecular complexity index is 307. The van der Waals surface area contributed by atoms with Gasteiger partial charge < -0.3 is 0 Å². The van der Waals surface area contributed by atoms with Gasteiger partial charge in [-0.2, -0.15) is 5.10 Å². The number of aryl methyl sites for hydroxylation is 2. The minimum absolute atomic E-state index is 0.224. The molecule has 0 aromatic carbocycles. The molecular weight excluding hydrogens is 263 g/mol. The van der Waals surface area contributed by atoms with Crippen molar-refractivity contribution >= 4 is 27.5 Å². The van der Waals surface area contributed by atoms with Gasteiger partial charge in [0.25, 0.3) is 0 Å². The Morgan fingerprint density at radius 2 is 2.21 bits per heavy atom. The normalized spacial score (nSPS) is 13.2. The molecule has 1 rings (SSSR count). The zero-order chi connectivity index (χ0) is 10.7. The Morgan fingerprint density at radius 1 is 1.57 bits per heavy atom. The fourth-order valence-electron chi connectivity index (χ4n) is 1.43. The molecule has 0 fully saturated rings. The van der Waals surface area contributed by atoms with E-state index in [1.54, 1.807) is 0 Å². The summed E-state index contributed by atoms with van der Waals surface area (Å²) in [4.78, 5) is 0. The summed E-state index contributed by atoms with van der Waals surface area (Å²) in [5.74, 6) is 0. The minimum atomic E-state index is 0.224. The van der Waals surface area contributed by atoms with Crippen LogP contribution in [0.4, 0.5) is 0 Å². The van der Waals surface area contributed by atoms with Crippen LogP contribution in [0.2, 0.25) is 0 Å². The largest absolute Gasteiger partial charge is 0.271 e. The molecule has 0 amide bonds. The molecule has 80 valence electrons. The van der Waals surface area contributed by atoms with Gasteiger partial charge in [0.15, 0.2) is 0 Å². The summed E-state index contributed by atoms with van der Waals surface area (Å²) in [7, 11) is 1.98. The van der Waals surface area contributed by atoms with Gasteiger partial charge in [0, 0.05) is 12.4 Å². The van der Waals surface area contributed by atoms with Gasteiger partial charge in [-0.3, -0.25) is 4.68 Å². The third-order valence-electron chi connectivity index (χ3n) is 2.28. The molecule has 1 aromatic rings. The summed E-state index contributed by atoms with van der Waals surface area (Å²) in [6.07, 6.45) is 2.93. The van der Waals surface area contributed by atoms with Crippen LogP contribution in [0, 0.1) is 0 Å². The second-order valence-electron chi connectivity index (χ2n) is 3.50. The number of rotatable bonds is 4. The Balaban J connectivity index is 2.80. The molecule has 0 radical (unpaired) electrons. The summed E-state index contributed by atoms with van der Waals surface area (Å²) in [6.45, 7) is 4.13. The molecular formula is C10H16BrClN2. The lowest BCUT2D eigenvalue weighted by Crippen LogP contribution is -2.02. The van der Waals surface area contributed by atoms with Crippen molar-refractivity contribution in [1.82, 2.24) is 9.78 Å². The van der Waals surface area contributed by atoms with Gasteiger partial charge in [-0.05, 0) is 42.1 Å². The maximum absolute atomic E-state index is 5.93. The Labute approximate surface area is 98.8 Å². The molecule has 1 unspecified atom stereocenters. The standard InChI is InChI=1S/C10H16BrClN2/c1-4-8-10(11)9(14(3)13-8)6-5-7(2)12/h7H,4-6H2,1-3H3. The number of nitrogens with zero attached hydrogens (tertiary/aromatic N) is 2. The van der Waals surface area contributed by atoms with Gasteiger partial charge in [-0.25, -0.2) is 0 Å². The highest BCUT2D eigenvalue weighted by Gasteiger charge is 2.12. The van der Waals surface area contributed by atoms with Gasteiger partial charge >= 0.3 is 0 Å². The lowest BCUT2D eigenvalue weighted by molar-refractivity contribution is 0.671. The zero-order valence-corrected chi connectivity index (χ0v) is 11.2. The fraction of sp³-hybridized carbons (Fsp3) is 0.700. The summed E-state index contributed by atoms with van der Waals surface area (Å²) in [5.41, 5.74) is 2.37. The lowest BCUT2D eigenvalue weighted by Gasteiger charge is -2.04. The van der Waals surface area contributed by atoms with Crippen molar-refractivity contribution in [3.05, 3.63) is 15.9 Å². The molecule has 0 aliphatic rings. The highest BCUT2D eigenvalue weighted by molar-refractivity contribution is 9.10. The molecule has 0 saturated heterocycles. The number of hydrogen-bond acceptors (Lipinski definition) is 1. The third kappa shape index (κ3) is 2.74. The van der Waals surface area contributed by atoms with Gasteiger partial charge in [0.2, 0.25) is 0 Å². The number of halogens is 2. The SMILES string of the molecule is CCc1nn(C)c(CCC(C)Cl)c1Br. The van der Waals surface area contributed by atoms with E-state index < -0.39 is 0 Å². The molecule has 0 aliphatic heterocycles. The molecule has 0 bridgehead atoms. The molecule has 4 heteroatoms. The van der Waals surface area contributed by atoms with Crippen LogP contribution in [-0.2, 0) is 19.9 Å². The molecule has 14 heavy (non-hydrogen) atoms. The van der Waals surface area contributed by atoms with Crippen molar-refractivity contribution < 1.29 is 0 Å². The van der Waals surface area contributed by atoms with E-state index in [1.807, 2.05) is 18.7 Å². The molecule has 0 N–H and O–H groups in total. The molecule has 0 spiro atoms. The van der Waals surface area contributed by atoms with E-state index in [1.165, 1.54) is 5.69 Å². The molecule has 1 heterocycles. The number of aromatic nitrogens is 2. The van der Waals surface area contributed by atoms with Crippen molar-refractivity contribution in [2.45, 2.75) is 38.5 Å². The van der Waals surface area contributed by atoms with E-state index in [4.69, 9.17) is 11.6 Å². The van der Waals surface area contributed by atoms with E-state index in [-0.39, 0.29) is 5.38 Å². The van der Waals surface area contributed by atoms with Crippen LogP contribution in [0.1, 0.15) is 31.7 Å². The monoisotopic (exact) mass is 278 g/mol. The van der Waals surface area contributed by atoms with Crippen LogP contribution in [-0.4, -0.2) is 15.2 Å². The summed E-state index contributed by atoms with van der Waals surface area (Å²) in [5, 5.41) is 4.66. The average Bonchev–Trinajstić information content (AvgIpc) is 2.39. The first-order valence-corrected chi connectivity index (χ1v) is 6.13. The molecule has 0 saturated carbocycles. The Hall–Kier alpha value is -0.0200. The van der Waals surface area contributed by atoms with Gasteiger partial charge in [0.1, 0.15) is 0 Å². The zero-order valence-electron chi connectivity index (χ0n) is 8.85. The summed E-state index contributed by atoms with van der Waals surface area (Å²) in [6, 6.07) is 0. The second kappa shape index (κ2) is 5.17. The van der Waals surface area contributed by atoms with Crippen LogP contribution in [0.5, 0.6) is 0 Å². The van der Waals surface area contributed by atoms with Crippen LogP contribution in [0.25, 0.3) is 0 Å². The molecule has 1 atom stereocenters. The topological polar surface area (TPSA) is 17.8 Å². The molecule has 1 aromatic heterocycles. The highest BCUT2D eigenvalue weighted by Crippen LogP contribution is 2.23. The van der Waals surface area contributed by atoms with Crippen molar-refractivity contribution in [1.29, 1.82) is 0 Å². The van der Waals surface area contributed by atoms with Crippen LogP contribution in [0.15, 0.2) is 4.47 Å². The van der Waals surface area contributed by atoms with E-state index in [0.29, 0.717) is 0 Å². The Kier molecular flexibility index (Phi) is 4.45. The Morgan fingerprint density at radius 3 is 2.64 bits per heavy atom. The summed E-state index contributed by atoms with van der Waals surface area (Å²) >= 11 is 9.51. The first-order chi connectivity index (χ1) is 6.56. The van der Waals surface area contributed by atoms with Gasteiger partial charge in [-0.15, -0.1) is 11.6 Å². The summed E-state index contributed by atoms with van der Waals surface area (Å²) < 4.78 is 3.10. The predicted octanol–water partition coefficient (Wildman–Crippen LogP) is 3.30. The van der Waals surface area contributed by atoms with Crippen molar-refractivity contribution in [3.8, 4) is 0 Å². The first-order valence-electron chi connectivity index (χ1n) is 4.90. The predicted molar refractivity (Wildman–Crippen MR) is 63.9 cm³/mol. The molecule has 2 nitrogen and oxygen atoms in total. The number of alkyl halides is 1. The van der Waals surface area contributed by atoms with Crippen LogP contribution >= 0.6 is 27.5 Å². The second-order valence-corrected chi connectivity index (χ2v) is 5.04. The quantitative estimate of drug-likeness (QED) is 0.773. The van der Waals surface area contributed by atoms with Gasteiger partial charge in [0.05, 0.1) is 15.9 Å². The third-order valence-corrected chi connectivity index (χ3v) is 3.42. The van der Waals surface area contributed by atoms with Crippen molar-refractivity contribution in [3.63, 3.8) is 0 Å². The van der Waals surface area contributed by atoms with Crippen LogP contribution in [0.3, 0.4) is 0 Å². The minimum Gasteiger partial charge on any atom is -0.271 e. The van der Waals surface area contributed by atoms with Crippen molar-refractivity contribution in [2.24, 2.45) is 7.05 Å². The van der Waals surface area contributed by atoms with E-state index in [9.17, 15) is 0 Å². The van der Waals surface area contributed by atoms with E-state index in [0.717, 1.165) is 29.4 Å². The van der Waals surface area contributed by atoms with Gasteiger partial charge in [-0.1, -0.05) is 6.92 Å². The lowest BCUT2D eigenvalue weighted by atomic mass is 10.2. The first kappa shape index (κ1) is 12.1. The maximum Gasteiger partial charge on any atom is 0.0766 e. The molecule has 0 aliphatic carbocycles. The van der Waals surface area contributed by atoms with E-state index in [2.05, 4.69) is 28.0 Å². The van der Waals surface area contributed by atoms with Crippen molar-refractivity contribution in [2.75, 3.05) is 0 Å². The van der Waals surface area contributed by atoms with E-state index >= 15 is 0 Å². The smallest absolute Gasteiger partial charge is 0.0766 e. The number of hydrogen-bond donors (Lipinski definition) is 0. The highest BCUT2D eigenvalue weighted by atomic mass is 79.9.